The lowest BCUT2D eigenvalue weighted by molar-refractivity contribution is 0.275. The number of hydrogen-bond donors (Lipinski definition) is 0. The van der Waals surface area contributed by atoms with Crippen LogP contribution in [0.25, 0.3) is 17.0 Å². The maximum atomic E-state index is 14.4. The summed E-state index contributed by atoms with van der Waals surface area (Å²) in [5.74, 6) is 1.04. The van der Waals surface area contributed by atoms with Gasteiger partial charge in [0.2, 0.25) is 11.7 Å². The molecule has 5 rings (SSSR count). The molecular formula is C20H16FN9O. The molecule has 0 unspecified atom stereocenters. The third-order valence-corrected chi connectivity index (χ3v) is 4.78. The molecule has 0 spiro atoms. The lowest BCUT2D eigenvalue weighted by Crippen LogP contribution is -2.06. The highest BCUT2D eigenvalue weighted by molar-refractivity contribution is 5.63. The molecule has 0 atom stereocenters. The maximum Gasteiger partial charge on any atom is 0.238 e. The summed E-state index contributed by atoms with van der Waals surface area (Å²) in [6.45, 7) is 0.145. The van der Waals surface area contributed by atoms with E-state index in [4.69, 9.17) is 4.74 Å². The third-order valence-electron chi connectivity index (χ3n) is 4.78. The van der Waals surface area contributed by atoms with Crippen molar-refractivity contribution >= 4 is 5.52 Å². The molecular weight excluding hydrogens is 401 g/mol. The zero-order valence-electron chi connectivity index (χ0n) is 16.4. The highest BCUT2D eigenvalue weighted by Gasteiger charge is 2.21. The number of hydrogen-bond acceptors (Lipinski definition) is 8. The van der Waals surface area contributed by atoms with Crippen LogP contribution in [0.4, 0.5) is 4.39 Å². The summed E-state index contributed by atoms with van der Waals surface area (Å²) < 4.78 is 23.6. The van der Waals surface area contributed by atoms with Crippen LogP contribution in [0.1, 0.15) is 17.0 Å². The van der Waals surface area contributed by atoms with Gasteiger partial charge < -0.3 is 4.74 Å². The van der Waals surface area contributed by atoms with Gasteiger partial charge in [-0.3, -0.25) is 9.67 Å². The van der Waals surface area contributed by atoms with Crippen molar-refractivity contribution in [3.63, 3.8) is 0 Å². The first-order valence-corrected chi connectivity index (χ1v) is 9.39. The number of benzene rings is 1. The lowest BCUT2D eigenvalue weighted by atomic mass is 10.1. The van der Waals surface area contributed by atoms with Gasteiger partial charge >= 0.3 is 0 Å². The van der Waals surface area contributed by atoms with Crippen LogP contribution >= 0.6 is 0 Å². The fraction of sp³-hybridized carbons (Fsp3) is 0.150. The van der Waals surface area contributed by atoms with E-state index in [1.807, 2.05) is 0 Å². The van der Waals surface area contributed by atoms with Crippen LogP contribution in [-0.2, 0) is 20.1 Å². The first-order chi connectivity index (χ1) is 15.2. The molecule has 4 heterocycles. The molecule has 4 aromatic heterocycles. The normalized spacial score (nSPS) is 11.2. The molecule has 0 aliphatic rings. The number of aryl methyl sites for hydroxylation is 1. The van der Waals surface area contributed by atoms with Crippen LogP contribution in [-0.4, -0.2) is 44.5 Å². The summed E-state index contributed by atoms with van der Waals surface area (Å²) in [5.41, 5.74) is 2.32. The molecule has 1 aromatic carbocycles. The van der Waals surface area contributed by atoms with Crippen molar-refractivity contribution in [3.05, 3.63) is 78.1 Å². The summed E-state index contributed by atoms with van der Waals surface area (Å²) in [6.07, 6.45) is 7.98. The molecule has 0 fully saturated rings. The number of halogens is 1. The van der Waals surface area contributed by atoms with Crippen molar-refractivity contribution in [2.24, 2.45) is 7.05 Å². The summed E-state index contributed by atoms with van der Waals surface area (Å²) in [7, 11) is 1.77. The van der Waals surface area contributed by atoms with E-state index in [1.54, 1.807) is 59.2 Å². The minimum absolute atomic E-state index is 0.145. The summed E-state index contributed by atoms with van der Waals surface area (Å²) in [4.78, 5) is 12.5. The first kappa shape index (κ1) is 18.7. The van der Waals surface area contributed by atoms with Gasteiger partial charge in [0.05, 0.1) is 17.9 Å². The molecule has 11 heteroatoms. The van der Waals surface area contributed by atoms with E-state index >= 15 is 0 Å². The average Bonchev–Trinajstić information content (AvgIpc) is 3.37. The van der Waals surface area contributed by atoms with Gasteiger partial charge in [-0.15, -0.1) is 10.2 Å². The molecule has 31 heavy (non-hydrogen) atoms. The van der Waals surface area contributed by atoms with E-state index in [9.17, 15) is 4.39 Å². The largest absolute Gasteiger partial charge is 0.468 e. The minimum Gasteiger partial charge on any atom is -0.468 e. The molecule has 0 N–H and O–H groups in total. The standard InChI is InChI=1S/C20H16FN9O/c1-29-18(24-12-26-29)11-31-20-14(8-13-4-2-3-5-15(13)21)17-10-25-27-19(30(17)28-20)16-9-22-6-7-23-16/h2-7,9-10,12H,8,11H2,1H3. The second kappa shape index (κ2) is 7.86. The van der Waals surface area contributed by atoms with Gasteiger partial charge in [-0.1, -0.05) is 18.2 Å². The van der Waals surface area contributed by atoms with Crippen LogP contribution < -0.4 is 4.74 Å². The van der Waals surface area contributed by atoms with Crippen molar-refractivity contribution in [1.82, 2.24) is 44.5 Å². The van der Waals surface area contributed by atoms with E-state index < -0.39 is 0 Å². The molecule has 0 aliphatic heterocycles. The predicted molar refractivity (Wildman–Crippen MR) is 106 cm³/mol. The highest BCUT2D eigenvalue weighted by Crippen LogP contribution is 2.28. The Morgan fingerprint density at radius 3 is 2.77 bits per heavy atom. The average molecular weight is 417 g/mol. The Labute approximate surface area is 175 Å². The Hall–Kier alpha value is -4.28. The van der Waals surface area contributed by atoms with E-state index in [-0.39, 0.29) is 18.8 Å². The highest BCUT2D eigenvalue weighted by atomic mass is 19.1. The minimum atomic E-state index is -0.308. The molecule has 0 saturated heterocycles. The molecule has 154 valence electrons. The van der Waals surface area contributed by atoms with E-state index in [0.717, 1.165) is 0 Å². The Balaban J connectivity index is 1.62. The number of rotatable bonds is 6. The summed E-state index contributed by atoms with van der Waals surface area (Å²) in [6, 6.07) is 6.59. The Kier molecular flexibility index (Phi) is 4.75. The number of aromatic nitrogens is 9. The molecule has 0 amide bonds. The van der Waals surface area contributed by atoms with Gasteiger partial charge in [0.25, 0.3) is 0 Å². The van der Waals surface area contributed by atoms with Crippen LogP contribution in [0.5, 0.6) is 5.88 Å². The SMILES string of the molecule is Cn1ncnc1COc1nn2c(-c3cnccn3)nncc2c1Cc1ccccc1F. The van der Waals surface area contributed by atoms with Crippen molar-refractivity contribution in [2.45, 2.75) is 13.0 Å². The van der Waals surface area contributed by atoms with E-state index in [2.05, 4.69) is 35.3 Å². The molecule has 0 radical (unpaired) electrons. The van der Waals surface area contributed by atoms with Crippen LogP contribution in [0.2, 0.25) is 0 Å². The van der Waals surface area contributed by atoms with Gasteiger partial charge in [-0.25, -0.2) is 18.9 Å². The molecule has 0 aliphatic carbocycles. The van der Waals surface area contributed by atoms with Gasteiger partial charge in [-0.05, 0) is 11.6 Å². The monoisotopic (exact) mass is 417 g/mol. The number of nitrogens with zero attached hydrogens (tertiary/aromatic N) is 9. The quantitative estimate of drug-likeness (QED) is 0.413. The smallest absolute Gasteiger partial charge is 0.238 e. The fourth-order valence-electron chi connectivity index (χ4n) is 3.19. The molecule has 5 aromatic rings. The summed E-state index contributed by atoms with van der Waals surface area (Å²) >= 11 is 0. The van der Waals surface area contributed by atoms with Crippen molar-refractivity contribution in [3.8, 4) is 17.4 Å². The number of ether oxygens (including phenoxy) is 1. The third kappa shape index (κ3) is 3.56. The van der Waals surface area contributed by atoms with Crippen LogP contribution in [0.15, 0.2) is 55.4 Å². The molecule has 10 nitrogen and oxygen atoms in total. The van der Waals surface area contributed by atoms with Crippen LogP contribution in [0, 0.1) is 5.82 Å². The van der Waals surface area contributed by atoms with Crippen molar-refractivity contribution < 1.29 is 9.13 Å². The van der Waals surface area contributed by atoms with Gasteiger partial charge in [-0.2, -0.15) is 10.2 Å². The first-order valence-electron chi connectivity index (χ1n) is 9.39. The topological polar surface area (TPSA) is 109 Å². The van der Waals surface area contributed by atoms with Gasteiger partial charge in [0, 0.05) is 31.4 Å². The predicted octanol–water partition coefficient (Wildman–Crippen LogP) is 2.02. The Morgan fingerprint density at radius 1 is 1.10 bits per heavy atom. The zero-order chi connectivity index (χ0) is 21.2. The molecule has 0 saturated carbocycles. The second-order valence-corrected chi connectivity index (χ2v) is 6.70. The van der Waals surface area contributed by atoms with Crippen molar-refractivity contribution in [2.75, 3.05) is 0 Å². The second-order valence-electron chi connectivity index (χ2n) is 6.70. The fourth-order valence-corrected chi connectivity index (χ4v) is 3.19. The maximum absolute atomic E-state index is 14.4. The summed E-state index contributed by atoms with van der Waals surface area (Å²) in [5, 5.41) is 16.9. The van der Waals surface area contributed by atoms with Gasteiger partial charge in [0.1, 0.15) is 24.4 Å². The Bertz CT molecular complexity index is 1350. The molecule has 0 bridgehead atoms. The lowest BCUT2D eigenvalue weighted by Gasteiger charge is -2.06. The van der Waals surface area contributed by atoms with Gasteiger partial charge in [0.15, 0.2) is 5.82 Å². The Morgan fingerprint density at radius 2 is 2.00 bits per heavy atom. The number of fused-ring (bicyclic) bond motifs is 1. The van der Waals surface area contributed by atoms with E-state index in [0.29, 0.717) is 39.9 Å². The van der Waals surface area contributed by atoms with Crippen molar-refractivity contribution in [1.29, 1.82) is 0 Å². The van der Waals surface area contributed by atoms with Crippen LogP contribution in [0.3, 0.4) is 0 Å². The zero-order valence-corrected chi connectivity index (χ0v) is 16.4. The van der Waals surface area contributed by atoms with E-state index in [1.165, 1.54) is 12.4 Å².